The molecule has 1 aliphatic heterocycles. The third-order valence-electron chi connectivity index (χ3n) is 3.66. The number of carbonyl (C=O) groups excluding carboxylic acids is 1. The highest BCUT2D eigenvalue weighted by Gasteiger charge is 2.24. The van der Waals surface area contributed by atoms with E-state index >= 15 is 0 Å². The summed E-state index contributed by atoms with van der Waals surface area (Å²) in [6.07, 6.45) is 2.74. The van der Waals surface area contributed by atoms with Gasteiger partial charge in [0.1, 0.15) is 11.0 Å². The Labute approximate surface area is 130 Å². The van der Waals surface area contributed by atoms with E-state index in [4.69, 9.17) is 16.3 Å². The maximum absolute atomic E-state index is 12.6. The predicted octanol–water partition coefficient (Wildman–Crippen LogP) is 2.81. The average molecular weight is 312 g/mol. The Hall–Kier alpha value is -1.33. The van der Waals surface area contributed by atoms with Crippen LogP contribution >= 0.6 is 11.6 Å². The number of nitrogens with one attached hydrogen (secondary N) is 1. The van der Waals surface area contributed by atoms with Crippen molar-refractivity contribution >= 4 is 23.3 Å². The molecule has 1 saturated heterocycles. The molecule has 1 aliphatic rings. The van der Waals surface area contributed by atoms with E-state index in [9.17, 15) is 4.79 Å². The molecule has 0 unspecified atom stereocenters. The fourth-order valence-electron chi connectivity index (χ4n) is 2.41. The number of halogens is 1. The van der Waals surface area contributed by atoms with Gasteiger partial charge in [-0.1, -0.05) is 18.5 Å². The maximum atomic E-state index is 12.6. The van der Waals surface area contributed by atoms with Crippen molar-refractivity contribution in [1.82, 2.24) is 9.88 Å². The molecule has 0 saturated carbocycles. The highest BCUT2D eigenvalue weighted by molar-refractivity contribution is 6.29. The van der Waals surface area contributed by atoms with E-state index in [0.717, 1.165) is 25.8 Å². The Kier molecular flexibility index (Phi) is 5.82. The van der Waals surface area contributed by atoms with Gasteiger partial charge in [0.25, 0.3) is 5.91 Å². The van der Waals surface area contributed by atoms with Crippen molar-refractivity contribution in [3.63, 3.8) is 0 Å². The van der Waals surface area contributed by atoms with Crippen LogP contribution in [-0.2, 0) is 4.74 Å². The summed E-state index contributed by atoms with van der Waals surface area (Å²) in [5.41, 5.74) is 0.572. The SMILES string of the molecule is CCCNc1cc(C(=O)N(C)C2CCOCC2)cc(Cl)n1. The van der Waals surface area contributed by atoms with E-state index in [1.54, 1.807) is 17.0 Å². The third-order valence-corrected chi connectivity index (χ3v) is 3.85. The summed E-state index contributed by atoms with van der Waals surface area (Å²) in [7, 11) is 1.84. The van der Waals surface area contributed by atoms with Crippen LogP contribution < -0.4 is 5.32 Å². The predicted molar refractivity (Wildman–Crippen MR) is 84.0 cm³/mol. The average Bonchev–Trinajstić information content (AvgIpc) is 2.51. The van der Waals surface area contributed by atoms with Crippen LogP contribution in [0.3, 0.4) is 0 Å². The van der Waals surface area contributed by atoms with Gasteiger partial charge in [0.15, 0.2) is 0 Å². The highest BCUT2D eigenvalue weighted by Crippen LogP contribution is 2.19. The number of hydrogen-bond donors (Lipinski definition) is 1. The lowest BCUT2D eigenvalue weighted by atomic mass is 10.1. The molecule has 21 heavy (non-hydrogen) atoms. The van der Waals surface area contributed by atoms with E-state index in [-0.39, 0.29) is 11.9 Å². The van der Waals surface area contributed by atoms with Crippen LogP contribution in [0.25, 0.3) is 0 Å². The van der Waals surface area contributed by atoms with Crippen LogP contribution in [0, 0.1) is 0 Å². The van der Waals surface area contributed by atoms with Gasteiger partial charge in [0.2, 0.25) is 0 Å². The lowest BCUT2D eigenvalue weighted by molar-refractivity contribution is 0.0362. The van der Waals surface area contributed by atoms with Gasteiger partial charge >= 0.3 is 0 Å². The molecule has 5 nitrogen and oxygen atoms in total. The number of aromatic nitrogens is 1. The first-order valence-corrected chi connectivity index (χ1v) is 7.76. The maximum Gasteiger partial charge on any atom is 0.254 e. The smallest absolute Gasteiger partial charge is 0.254 e. The number of anilines is 1. The fraction of sp³-hybridized carbons (Fsp3) is 0.600. The van der Waals surface area contributed by atoms with Gasteiger partial charge in [0.05, 0.1) is 0 Å². The van der Waals surface area contributed by atoms with Gasteiger partial charge in [-0.25, -0.2) is 4.98 Å². The third kappa shape index (κ3) is 4.32. The van der Waals surface area contributed by atoms with Crippen LogP contribution in [0.1, 0.15) is 36.5 Å². The first-order chi connectivity index (χ1) is 10.1. The summed E-state index contributed by atoms with van der Waals surface area (Å²) < 4.78 is 5.34. The Morgan fingerprint density at radius 3 is 2.86 bits per heavy atom. The van der Waals surface area contributed by atoms with E-state index in [1.807, 2.05) is 7.05 Å². The zero-order chi connectivity index (χ0) is 15.2. The minimum absolute atomic E-state index is 0.0225. The fourth-order valence-corrected chi connectivity index (χ4v) is 2.61. The number of hydrogen-bond acceptors (Lipinski definition) is 4. The molecule has 1 aromatic rings. The first kappa shape index (κ1) is 16.0. The number of rotatable bonds is 5. The molecule has 0 bridgehead atoms. The summed E-state index contributed by atoms with van der Waals surface area (Å²) in [6.45, 7) is 4.30. The Balaban J connectivity index is 2.11. The molecule has 0 atom stereocenters. The van der Waals surface area contributed by atoms with Crippen LogP contribution in [0.2, 0.25) is 5.15 Å². The van der Waals surface area contributed by atoms with Crippen molar-refractivity contribution in [1.29, 1.82) is 0 Å². The molecule has 1 fully saturated rings. The van der Waals surface area contributed by atoms with Crippen molar-refractivity contribution in [2.45, 2.75) is 32.2 Å². The number of ether oxygens (including phenoxy) is 1. The van der Waals surface area contributed by atoms with Crippen molar-refractivity contribution in [2.24, 2.45) is 0 Å². The Morgan fingerprint density at radius 2 is 2.19 bits per heavy atom. The first-order valence-electron chi connectivity index (χ1n) is 7.38. The van der Waals surface area contributed by atoms with E-state index in [2.05, 4.69) is 17.2 Å². The van der Waals surface area contributed by atoms with Crippen LogP contribution in [0.4, 0.5) is 5.82 Å². The zero-order valence-corrected chi connectivity index (χ0v) is 13.3. The van der Waals surface area contributed by atoms with Gasteiger partial charge in [-0.15, -0.1) is 0 Å². The van der Waals surface area contributed by atoms with Crippen LogP contribution in [-0.4, -0.2) is 48.6 Å². The molecule has 0 aromatic carbocycles. The largest absolute Gasteiger partial charge is 0.381 e. The number of nitrogens with zero attached hydrogens (tertiary/aromatic N) is 2. The molecule has 0 aliphatic carbocycles. The number of carbonyl (C=O) groups is 1. The monoisotopic (exact) mass is 311 g/mol. The van der Waals surface area contributed by atoms with E-state index in [0.29, 0.717) is 29.7 Å². The van der Waals surface area contributed by atoms with Crippen molar-refractivity contribution in [3.8, 4) is 0 Å². The molecule has 0 spiro atoms. The molecule has 1 N–H and O–H groups in total. The van der Waals surface area contributed by atoms with E-state index in [1.165, 1.54) is 0 Å². The molecule has 0 radical (unpaired) electrons. The summed E-state index contributed by atoms with van der Waals surface area (Å²) in [5.74, 6) is 0.624. The minimum Gasteiger partial charge on any atom is -0.381 e. The summed E-state index contributed by atoms with van der Waals surface area (Å²) >= 11 is 6.02. The van der Waals surface area contributed by atoms with Gasteiger partial charge in [0, 0.05) is 38.4 Å². The molecule has 6 heteroatoms. The minimum atomic E-state index is -0.0225. The number of amides is 1. The summed E-state index contributed by atoms with van der Waals surface area (Å²) in [6, 6.07) is 3.61. The molecule has 116 valence electrons. The van der Waals surface area contributed by atoms with Crippen LogP contribution in [0.5, 0.6) is 0 Å². The second-order valence-corrected chi connectivity index (χ2v) is 5.64. The van der Waals surface area contributed by atoms with Gasteiger partial charge in [-0.2, -0.15) is 0 Å². The van der Waals surface area contributed by atoms with Crippen molar-refractivity contribution in [3.05, 3.63) is 22.8 Å². The zero-order valence-electron chi connectivity index (χ0n) is 12.6. The Morgan fingerprint density at radius 1 is 1.48 bits per heavy atom. The van der Waals surface area contributed by atoms with Gasteiger partial charge in [-0.05, 0) is 31.4 Å². The normalized spacial score (nSPS) is 15.8. The number of pyridine rings is 1. The highest BCUT2D eigenvalue weighted by atomic mass is 35.5. The van der Waals surface area contributed by atoms with Crippen LogP contribution in [0.15, 0.2) is 12.1 Å². The summed E-state index contributed by atoms with van der Waals surface area (Å²) in [4.78, 5) is 18.6. The molecule has 2 rings (SSSR count). The molecule has 1 amide bonds. The van der Waals surface area contributed by atoms with Crippen molar-refractivity contribution < 1.29 is 9.53 Å². The topological polar surface area (TPSA) is 54.5 Å². The Bertz CT molecular complexity index is 490. The lowest BCUT2D eigenvalue weighted by Crippen LogP contribution is -2.40. The van der Waals surface area contributed by atoms with Crippen molar-refractivity contribution in [2.75, 3.05) is 32.1 Å². The molecular weight excluding hydrogens is 290 g/mol. The van der Waals surface area contributed by atoms with E-state index < -0.39 is 0 Å². The lowest BCUT2D eigenvalue weighted by Gasteiger charge is -2.31. The molecular formula is C15H22ClN3O2. The second kappa shape index (κ2) is 7.61. The van der Waals surface area contributed by atoms with Gasteiger partial charge < -0.3 is 15.0 Å². The quantitative estimate of drug-likeness (QED) is 0.850. The van der Waals surface area contributed by atoms with Gasteiger partial charge in [-0.3, -0.25) is 4.79 Å². The molecule has 2 heterocycles. The summed E-state index contributed by atoms with van der Waals surface area (Å²) in [5, 5.41) is 3.50. The second-order valence-electron chi connectivity index (χ2n) is 5.25. The molecule has 1 aromatic heterocycles. The standard InChI is InChI=1S/C15H22ClN3O2/c1-3-6-17-14-10-11(9-13(16)18-14)15(20)19(2)12-4-7-21-8-5-12/h9-10,12H,3-8H2,1-2H3,(H,17,18).